The van der Waals surface area contributed by atoms with E-state index >= 15 is 0 Å². The van der Waals surface area contributed by atoms with Crippen molar-refractivity contribution in [3.63, 3.8) is 0 Å². The Morgan fingerprint density at radius 3 is 2.36 bits per heavy atom. The molecule has 0 amide bonds. The third-order valence-electron chi connectivity index (χ3n) is 5.49. The van der Waals surface area contributed by atoms with Crippen LogP contribution in [0, 0.1) is 15.2 Å². The predicted octanol–water partition coefficient (Wildman–Crippen LogP) is 1.66. The van der Waals surface area contributed by atoms with Gasteiger partial charge in [-0.2, -0.15) is 0 Å². The van der Waals surface area contributed by atoms with Crippen molar-refractivity contribution in [3.05, 3.63) is 10.2 Å². The number of hydrogen-bond donors (Lipinski definition) is 9. The fourth-order valence-corrected chi connectivity index (χ4v) is 5.76. The molecule has 0 aliphatic heterocycles. The van der Waals surface area contributed by atoms with E-state index in [1.807, 2.05) is 22.6 Å². The van der Waals surface area contributed by atoms with Crippen LogP contribution in [0.5, 0.6) is 0 Å². The van der Waals surface area contributed by atoms with E-state index in [1.54, 1.807) is 17.9 Å². The quantitative estimate of drug-likeness (QED) is 0.119. The molecule has 2 fully saturated rings. The van der Waals surface area contributed by atoms with E-state index < -0.39 is 27.2 Å². The highest BCUT2D eigenvalue weighted by atomic mass is 127. The maximum Gasteiger partial charge on any atom is 0.469 e. The molecule has 2 heterocycles. The van der Waals surface area contributed by atoms with Crippen LogP contribution >= 0.6 is 38.2 Å². The summed E-state index contributed by atoms with van der Waals surface area (Å²) < 4.78 is 34.6. The average Bonchev–Trinajstić information content (AvgIpc) is 3.07. The van der Waals surface area contributed by atoms with Crippen LogP contribution < -0.4 is 29.9 Å². The maximum atomic E-state index is 11.5. The first-order chi connectivity index (χ1) is 13.4. The van der Waals surface area contributed by atoms with Crippen LogP contribution in [-0.2, 0) is 18.2 Å². The van der Waals surface area contributed by atoms with Gasteiger partial charge in [-0.05, 0) is 18.8 Å². The molecule has 0 radical (unpaired) electrons. The molecule has 0 saturated heterocycles. The van der Waals surface area contributed by atoms with Crippen LogP contribution in [0.2, 0.25) is 0 Å². The molecule has 2 saturated carbocycles. The molecule has 0 bridgehead atoms. The topological polar surface area (TPSA) is 329 Å². The maximum absolute atomic E-state index is 11.5. The Morgan fingerprint density at radius 1 is 1.18 bits per heavy atom. The van der Waals surface area contributed by atoms with Crippen molar-refractivity contribution >= 4 is 55.2 Å². The van der Waals surface area contributed by atoms with Crippen molar-refractivity contribution in [3.8, 4) is 0 Å². The van der Waals surface area contributed by atoms with Crippen LogP contribution in [0.3, 0.4) is 0 Å². The summed E-state index contributed by atoms with van der Waals surface area (Å²) in [6.07, 6.45) is 1.28. The summed E-state index contributed by atoms with van der Waals surface area (Å²) in [6.45, 7) is -0.371. The molecule has 0 aromatic carbocycles. The number of hydrogen-bond acceptors (Lipinski definition) is 12. The monoisotopic (exact) mass is 629 g/mol. The molecular weight excluding hydrogens is 599 g/mol. The Morgan fingerprint density at radius 2 is 1.82 bits per heavy atom. The van der Waals surface area contributed by atoms with Crippen LogP contribution in [-0.4, -0.2) is 58.9 Å². The Hall–Kier alpha value is -0.860. The summed E-state index contributed by atoms with van der Waals surface area (Å²) in [4.78, 5) is 49.8. The predicted molar refractivity (Wildman–Crippen MR) is 127 cm³/mol. The lowest BCUT2D eigenvalue weighted by Crippen LogP contribution is -2.26. The summed E-state index contributed by atoms with van der Waals surface area (Å²) in [5.41, 5.74) is 0.187. The molecule has 0 spiro atoms. The Kier molecular flexibility index (Phi) is 10.5. The highest BCUT2D eigenvalue weighted by Crippen LogP contribution is 2.71. The number of fused-ring (bicyclic) bond motifs is 2. The molecule has 0 unspecified atom stereocenters. The van der Waals surface area contributed by atoms with Gasteiger partial charge in [-0.25, -0.2) is 24.1 Å². The number of nitrogens with zero attached hydrogens (tertiary/aromatic N) is 4. The summed E-state index contributed by atoms with van der Waals surface area (Å²) >= 11 is 1.98. The van der Waals surface area contributed by atoms with Crippen LogP contribution in [0.1, 0.15) is 18.9 Å². The summed E-state index contributed by atoms with van der Waals surface area (Å²) in [5, 5.41) is 2.95. The number of halogens is 1. The molecule has 2 aromatic rings. The highest BCUT2D eigenvalue weighted by Gasteiger charge is 2.70. The normalized spacial score (nSPS) is 25.7. The van der Waals surface area contributed by atoms with Crippen molar-refractivity contribution in [1.82, 2.24) is 44.1 Å². The molecule has 2 aromatic heterocycles. The van der Waals surface area contributed by atoms with Gasteiger partial charge in [-0.3, -0.25) is 9.05 Å². The zero-order chi connectivity index (χ0) is 21.2. The highest BCUT2D eigenvalue weighted by molar-refractivity contribution is 14.1. The van der Waals surface area contributed by atoms with Crippen molar-refractivity contribution in [2.24, 2.45) is 11.3 Å². The number of nitrogens with one attached hydrogen (secondary N) is 1. The second-order valence-corrected chi connectivity index (χ2v) is 10.5. The minimum atomic E-state index is -4.82. The first-order valence-electron chi connectivity index (χ1n) is 8.45. The summed E-state index contributed by atoms with van der Waals surface area (Å²) in [6, 6.07) is -0.285. The lowest BCUT2D eigenvalue weighted by atomic mass is 10.0. The number of aromatic nitrogens is 4. The third kappa shape index (κ3) is 6.23. The Bertz CT molecular complexity index is 1060. The van der Waals surface area contributed by atoms with Crippen molar-refractivity contribution in [2.75, 3.05) is 19.0 Å². The molecule has 4 rings (SSSR count). The van der Waals surface area contributed by atoms with Gasteiger partial charge >= 0.3 is 15.6 Å². The molecule has 17 N–H and O–H groups in total. The fraction of sp³-hybridized carbons (Fsp3) is 0.615. The Balaban J connectivity index is 0.00000256. The fourth-order valence-electron chi connectivity index (χ4n) is 4.25. The number of rotatable bonds is 7. The van der Waals surface area contributed by atoms with Gasteiger partial charge in [0.2, 0.25) is 0 Å². The van der Waals surface area contributed by atoms with Crippen LogP contribution in [0.25, 0.3) is 11.2 Å². The first kappa shape index (κ1) is 32.1. The van der Waals surface area contributed by atoms with Gasteiger partial charge in [-0.15, -0.1) is 0 Å². The van der Waals surface area contributed by atoms with E-state index in [2.05, 4.69) is 24.8 Å². The molecule has 192 valence electrons. The van der Waals surface area contributed by atoms with Gasteiger partial charge in [0.25, 0.3) is 0 Å². The van der Waals surface area contributed by atoms with E-state index in [4.69, 9.17) is 14.3 Å². The van der Waals surface area contributed by atoms with E-state index in [0.717, 1.165) is 0 Å². The zero-order valence-corrected chi connectivity index (χ0v) is 21.7. The van der Waals surface area contributed by atoms with Gasteiger partial charge in [0.15, 0.2) is 20.8 Å². The molecule has 4 atom stereocenters. The lowest BCUT2D eigenvalue weighted by Gasteiger charge is -2.24. The zero-order valence-electron chi connectivity index (χ0n) is 17.7. The van der Waals surface area contributed by atoms with Crippen molar-refractivity contribution < 1.29 is 37.8 Å². The lowest BCUT2D eigenvalue weighted by molar-refractivity contribution is 0.0499. The molecule has 33 heavy (non-hydrogen) atoms. The van der Waals surface area contributed by atoms with Gasteiger partial charge in [0, 0.05) is 41.1 Å². The van der Waals surface area contributed by atoms with Crippen molar-refractivity contribution in [2.45, 2.75) is 25.0 Å². The average molecular weight is 629 g/mol. The van der Waals surface area contributed by atoms with E-state index in [1.165, 1.54) is 0 Å². The van der Waals surface area contributed by atoms with Gasteiger partial charge in [-0.1, -0.05) is 0 Å². The number of imidazole rings is 1. The molecular formula is C13H30IN9O8P2. The largest absolute Gasteiger partial charge is 0.469 e. The third-order valence-corrected chi connectivity index (χ3v) is 6.97. The summed E-state index contributed by atoms with van der Waals surface area (Å²) in [5.74, 6) is 0.375. The van der Waals surface area contributed by atoms with Crippen molar-refractivity contribution in [1.29, 1.82) is 0 Å². The second kappa shape index (κ2) is 10.8. The standard InChI is InChI=1S/C13H18IN5O8P2.4H3N/c1-15-10-9-11(18-12(14)17-10)19(5-16-9)7-2-8(27-29(23,24)25)13(3-6(7)13)4-26-28(20,21)22;;;;/h5-8H,2-4H2,1H3,(H,15,17,18)(H2,20,21,22)(H2,23,24,25);4*1H3/t6-,7+,8+,13+;;;;/m1..../s1. The van der Waals surface area contributed by atoms with Gasteiger partial charge in [0.1, 0.15) is 0 Å². The number of anilines is 1. The molecule has 2 aliphatic rings. The first-order valence-corrected chi connectivity index (χ1v) is 12.6. The van der Waals surface area contributed by atoms with Gasteiger partial charge < -0.3 is 54.1 Å². The smallest absolute Gasteiger partial charge is 0.371 e. The summed E-state index contributed by atoms with van der Waals surface area (Å²) in [7, 11) is -7.85. The van der Waals surface area contributed by atoms with E-state index in [9.17, 15) is 18.9 Å². The van der Waals surface area contributed by atoms with Crippen LogP contribution in [0.15, 0.2) is 6.33 Å². The van der Waals surface area contributed by atoms with Crippen LogP contribution in [0.4, 0.5) is 5.82 Å². The van der Waals surface area contributed by atoms with E-state index in [-0.39, 0.29) is 49.6 Å². The molecule has 17 nitrogen and oxygen atoms in total. The minimum Gasteiger partial charge on any atom is -0.371 e. The number of phosphoric acid groups is 2. The molecule has 20 heteroatoms. The number of phosphoric ester groups is 2. The second-order valence-electron chi connectivity index (χ2n) is 7.11. The van der Waals surface area contributed by atoms with Gasteiger partial charge in [0.05, 0.1) is 19.0 Å². The van der Waals surface area contributed by atoms with E-state index in [0.29, 0.717) is 27.2 Å². The Labute approximate surface area is 202 Å². The minimum absolute atomic E-state index is 0. The molecule has 2 aliphatic carbocycles. The SMILES string of the molecule is CNc1nc(I)nc2c1ncn2[C@H]1C[C@H](OP(=O)(O)O)[C@]2(COP(=O)(O)O)C[C@H]12.N.N.N.N.